The van der Waals surface area contributed by atoms with Gasteiger partial charge in [0.05, 0.1) is 99.1 Å². The number of benzene rings is 1. The number of aliphatic hydroxyl groups is 1. The average molecular weight is 1650 g/mol. The molecule has 0 radical (unpaired) electrons. The quantitative estimate of drug-likeness (QED) is 0.0303. The SMILES string of the molecule is CC(=O)N[C@H]1[C@H](OCCOCCOCCOc2cc(C(=O)NCCCCCCO)cc(OCCOCCOCCO[C@@H]3O[C@H](COC(C)=O)[C@H](OC(C)=O)[C@H](OC(C)=O)[C@H]3NC(C)=O)c2OCCOCCOCCO[C@@H]2O[C@H](COC(C)=O)[C@H](OC(C)=O)[C@H](OC(C)=O)[C@H]2NC(C)=O)O[C@H](COC(C)=O)[C@H](OC(C)=O)[C@@H]1OC(C)=O. The Balaban J connectivity index is 1.46. The Bertz CT molecular complexity index is 3090. The van der Waals surface area contributed by atoms with Gasteiger partial charge in [-0.1, -0.05) is 12.8 Å². The van der Waals surface area contributed by atoms with Gasteiger partial charge >= 0.3 is 53.7 Å². The van der Waals surface area contributed by atoms with Gasteiger partial charge in [0.25, 0.3) is 5.91 Å². The Labute approximate surface area is 665 Å². The van der Waals surface area contributed by atoms with Crippen LogP contribution < -0.4 is 35.5 Å². The zero-order valence-corrected chi connectivity index (χ0v) is 67.0. The molecule has 0 aromatic heterocycles. The number of rotatable bonds is 55. The van der Waals surface area contributed by atoms with E-state index < -0.39 is 189 Å². The molecule has 3 aliphatic rings. The molecule has 42 nitrogen and oxygen atoms in total. The van der Waals surface area contributed by atoms with Gasteiger partial charge in [0, 0.05) is 102 Å². The first-order valence-electron chi connectivity index (χ1n) is 37.4. The molecular weight excluding hydrogens is 1540 g/mol. The lowest BCUT2D eigenvalue weighted by Gasteiger charge is -2.44. The maximum atomic E-state index is 13.9. The second-order valence-electron chi connectivity index (χ2n) is 25.7. The van der Waals surface area contributed by atoms with Gasteiger partial charge in [-0.2, -0.15) is 0 Å². The Hall–Kier alpha value is -8.79. The molecule has 5 N–H and O–H groups in total. The molecule has 0 bridgehead atoms. The van der Waals surface area contributed by atoms with Crippen molar-refractivity contribution in [2.24, 2.45) is 0 Å². The van der Waals surface area contributed by atoms with E-state index in [0.29, 0.717) is 19.4 Å². The number of ether oxygens (including phenoxy) is 24. The van der Waals surface area contributed by atoms with E-state index in [9.17, 15) is 67.4 Å². The Morgan fingerprint density at radius 3 is 0.878 bits per heavy atom. The lowest BCUT2D eigenvalue weighted by Crippen LogP contribution is -2.66. The smallest absolute Gasteiger partial charge is 0.303 e. The maximum absolute atomic E-state index is 13.9. The largest absolute Gasteiger partial charge is 0.487 e. The molecule has 652 valence electrons. The van der Waals surface area contributed by atoms with Crippen molar-refractivity contribution in [3.8, 4) is 17.2 Å². The number of carbonyl (C=O) groups is 13. The van der Waals surface area contributed by atoms with E-state index in [1.54, 1.807) is 0 Å². The van der Waals surface area contributed by atoms with Gasteiger partial charge in [0.15, 0.2) is 67.0 Å². The highest BCUT2D eigenvalue weighted by atomic mass is 16.7. The van der Waals surface area contributed by atoms with Crippen molar-refractivity contribution in [3.63, 3.8) is 0 Å². The van der Waals surface area contributed by atoms with E-state index in [2.05, 4.69) is 21.3 Å². The molecule has 0 saturated carbocycles. The molecule has 1 aromatic rings. The fraction of sp³-hybridized carbons (Fsp3) is 0.740. The zero-order valence-electron chi connectivity index (χ0n) is 67.0. The number of unbranched alkanes of at least 4 members (excludes halogenated alkanes) is 3. The van der Waals surface area contributed by atoms with Crippen molar-refractivity contribution in [2.45, 2.75) is 201 Å². The number of esters is 9. The van der Waals surface area contributed by atoms with Crippen LogP contribution in [-0.4, -0.2) is 326 Å². The van der Waals surface area contributed by atoms with Gasteiger partial charge < -0.3 is 140 Å². The number of carbonyl (C=O) groups excluding carboxylic acids is 13. The van der Waals surface area contributed by atoms with Crippen LogP contribution in [0, 0.1) is 0 Å². The predicted molar refractivity (Wildman–Crippen MR) is 386 cm³/mol. The standard InChI is InChI=1S/C73H112N4O38/c1-42(79)75-60-67(110-51(10)88)64(107-48(7)85)57(39-104-45(4)82)113-71(60)101-34-28-95-22-19-92-25-31-98-55-37-54(70(91)74-17-15-13-14-16-18-78)38-56(99-32-26-93-20-23-96-29-35-102-72-61(76-43(2)80)68(111-52(11)89)65(108-49(8)86)58(114-72)40-105-46(5)83)63(55)100-33-27-94-21-24-97-30-36-103-73-62(77-44(3)81)69(112-53(12)90)66(109-50(9)87)59(115-73)41-106-47(6)84/h37-38,57-62,64-69,71-73,78H,13-36,39-41H2,1-12H3,(H,74,91)(H,75,79)(H,76,80)(H,77,81)/t57-,58-,59-,60-,61-,62-,64+,65+,66+,67-,68-,69-,71-,72-,73-/m1/s1. The minimum atomic E-state index is -1.33. The summed E-state index contributed by atoms with van der Waals surface area (Å²) in [4.78, 5) is 160. The van der Waals surface area contributed by atoms with Crippen LogP contribution in [-0.2, 0) is 157 Å². The normalized spacial score (nSPS) is 22.9. The van der Waals surface area contributed by atoms with Crippen molar-refractivity contribution in [2.75, 3.05) is 152 Å². The molecule has 4 rings (SSSR count). The minimum absolute atomic E-state index is 0.0286. The maximum Gasteiger partial charge on any atom is 0.303 e. The van der Waals surface area contributed by atoms with Crippen LogP contribution in [0.25, 0.3) is 0 Å². The lowest BCUT2D eigenvalue weighted by molar-refractivity contribution is -0.279. The van der Waals surface area contributed by atoms with Crippen LogP contribution in [0.15, 0.2) is 12.1 Å². The lowest BCUT2D eigenvalue weighted by atomic mass is 9.96. The molecule has 0 unspecified atom stereocenters. The van der Waals surface area contributed by atoms with E-state index in [0.717, 1.165) is 75.2 Å². The summed E-state index contributed by atoms with van der Waals surface area (Å²) in [6.07, 6.45) is -12.8. The highest BCUT2D eigenvalue weighted by Gasteiger charge is 2.54. The molecule has 3 aliphatic heterocycles. The molecule has 3 saturated heterocycles. The number of aliphatic hydroxyl groups excluding tert-OH is 1. The van der Waals surface area contributed by atoms with Gasteiger partial charge in [0.1, 0.15) is 76.1 Å². The van der Waals surface area contributed by atoms with Gasteiger partial charge in [-0.25, -0.2) is 0 Å². The fourth-order valence-electron chi connectivity index (χ4n) is 11.5. The van der Waals surface area contributed by atoms with Crippen LogP contribution in [0.4, 0.5) is 0 Å². The molecule has 1 aromatic carbocycles. The molecule has 115 heavy (non-hydrogen) atoms. The van der Waals surface area contributed by atoms with Crippen molar-refractivity contribution >= 4 is 77.4 Å². The third kappa shape index (κ3) is 39.1. The topological polar surface area (TPSA) is 512 Å². The molecule has 3 fully saturated rings. The summed E-state index contributed by atoms with van der Waals surface area (Å²) < 4.78 is 138. The highest BCUT2D eigenvalue weighted by molar-refractivity contribution is 5.95. The first kappa shape index (κ1) is 98.6. The Morgan fingerprint density at radius 1 is 0.330 bits per heavy atom. The number of hydrogen-bond acceptors (Lipinski definition) is 38. The summed E-state index contributed by atoms with van der Waals surface area (Å²) in [5.74, 6) is -8.68. The van der Waals surface area contributed by atoms with Crippen molar-refractivity contribution in [3.05, 3.63) is 17.7 Å². The van der Waals surface area contributed by atoms with E-state index in [1.165, 1.54) is 32.9 Å². The van der Waals surface area contributed by atoms with Gasteiger partial charge in [-0.05, 0) is 25.0 Å². The highest BCUT2D eigenvalue weighted by Crippen LogP contribution is 2.40. The summed E-state index contributed by atoms with van der Waals surface area (Å²) in [5.41, 5.74) is 0.122. The number of nitrogens with one attached hydrogen (secondary N) is 4. The summed E-state index contributed by atoms with van der Waals surface area (Å²) in [6.45, 7) is 12.0. The molecule has 0 aliphatic carbocycles. The monoisotopic (exact) mass is 1650 g/mol. The molecule has 15 atom stereocenters. The number of amides is 4. The van der Waals surface area contributed by atoms with Crippen molar-refractivity contribution in [1.82, 2.24) is 21.3 Å². The summed E-state index contributed by atoms with van der Waals surface area (Å²) in [5, 5.41) is 20.1. The Kier molecular flexibility index (Phi) is 47.1. The predicted octanol–water partition coefficient (Wildman–Crippen LogP) is -0.777. The van der Waals surface area contributed by atoms with E-state index in [1.807, 2.05) is 0 Å². The van der Waals surface area contributed by atoms with Gasteiger partial charge in [0.2, 0.25) is 23.5 Å². The second kappa shape index (κ2) is 54.9. The molecule has 42 heteroatoms. The third-order valence-corrected chi connectivity index (χ3v) is 16.0. The van der Waals surface area contributed by atoms with Crippen LogP contribution in [0.2, 0.25) is 0 Å². The second-order valence-corrected chi connectivity index (χ2v) is 25.7. The first-order valence-corrected chi connectivity index (χ1v) is 37.4. The number of hydrogen-bond donors (Lipinski definition) is 5. The summed E-state index contributed by atoms with van der Waals surface area (Å²) in [6, 6.07) is -0.668. The average Bonchev–Trinajstić information content (AvgIpc) is 0.800. The zero-order chi connectivity index (χ0) is 84.8. The molecule has 0 spiro atoms. The van der Waals surface area contributed by atoms with Crippen LogP contribution in [0.3, 0.4) is 0 Å². The van der Waals surface area contributed by atoms with Crippen molar-refractivity contribution in [1.29, 1.82) is 0 Å². The van der Waals surface area contributed by atoms with Crippen LogP contribution >= 0.6 is 0 Å². The minimum Gasteiger partial charge on any atom is -0.487 e. The van der Waals surface area contributed by atoms with Crippen LogP contribution in [0.1, 0.15) is 119 Å². The van der Waals surface area contributed by atoms with E-state index in [-0.39, 0.29) is 148 Å². The fourth-order valence-corrected chi connectivity index (χ4v) is 11.5. The van der Waals surface area contributed by atoms with E-state index >= 15 is 0 Å². The molecule has 4 amide bonds. The Morgan fingerprint density at radius 2 is 0.600 bits per heavy atom. The van der Waals surface area contributed by atoms with Gasteiger partial charge in [-0.15, -0.1) is 0 Å². The molecule has 3 heterocycles. The van der Waals surface area contributed by atoms with E-state index in [4.69, 9.17) is 114 Å². The molecular formula is C73H112N4O38. The summed E-state index contributed by atoms with van der Waals surface area (Å²) in [7, 11) is 0. The third-order valence-electron chi connectivity index (χ3n) is 16.0. The van der Waals surface area contributed by atoms with Crippen molar-refractivity contribution < 1.29 is 181 Å². The van der Waals surface area contributed by atoms with Crippen LogP contribution in [0.5, 0.6) is 17.2 Å². The first-order chi connectivity index (χ1) is 54.9. The summed E-state index contributed by atoms with van der Waals surface area (Å²) >= 11 is 0. The van der Waals surface area contributed by atoms with Gasteiger partial charge in [-0.3, -0.25) is 62.3 Å².